The summed E-state index contributed by atoms with van der Waals surface area (Å²) in [6.45, 7) is 3.76. The fraction of sp³-hybridized carbons (Fsp3) is 0.800. The van der Waals surface area contributed by atoms with Crippen LogP contribution in [0, 0.1) is 0 Å². The minimum atomic E-state index is -0.183. The number of amides is 2. The first kappa shape index (κ1) is 12.3. The third-order valence-electron chi connectivity index (χ3n) is 2.63. The number of hydrogen-bond donors (Lipinski definition) is 1. The summed E-state index contributed by atoms with van der Waals surface area (Å²) in [6.07, 6.45) is 5.80. The molecule has 0 heterocycles. The standard InChI is InChI=1S/C10H18ClN3O/c1-12-14(8-7-11)10(15)13-9-5-3-2-4-6-9/h9H,1-8H2,(H,13,15). The lowest BCUT2D eigenvalue weighted by Crippen LogP contribution is -2.43. The third-order valence-corrected chi connectivity index (χ3v) is 2.80. The molecule has 0 unspecified atom stereocenters. The molecule has 5 heteroatoms. The van der Waals surface area contributed by atoms with Gasteiger partial charge >= 0.3 is 6.03 Å². The van der Waals surface area contributed by atoms with Gasteiger partial charge in [0.05, 0.1) is 6.54 Å². The fourth-order valence-corrected chi connectivity index (χ4v) is 1.97. The van der Waals surface area contributed by atoms with E-state index in [1.54, 1.807) is 0 Å². The molecule has 1 saturated carbocycles. The first-order valence-corrected chi connectivity index (χ1v) is 5.92. The van der Waals surface area contributed by atoms with Crippen LogP contribution in [0.15, 0.2) is 5.10 Å². The Hall–Kier alpha value is -0.770. The zero-order valence-corrected chi connectivity index (χ0v) is 9.67. The minimum absolute atomic E-state index is 0.183. The Bertz CT molecular complexity index is 217. The first-order chi connectivity index (χ1) is 7.27. The van der Waals surface area contributed by atoms with E-state index in [2.05, 4.69) is 17.1 Å². The minimum Gasteiger partial charge on any atom is -0.334 e. The molecule has 0 saturated heterocycles. The molecule has 0 radical (unpaired) electrons. The van der Waals surface area contributed by atoms with Crippen LogP contribution in [0.3, 0.4) is 0 Å². The molecule has 15 heavy (non-hydrogen) atoms. The molecule has 0 spiro atoms. The van der Waals surface area contributed by atoms with Crippen molar-refractivity contribution >= 4 is 24.3 Å². The van der Waals surface area contributed by atoms with Crippen molar-refractivity contribution in [2.75, 3.05) is 12.4 Å². The van der Waals surface area contributed by atoms with Gasteiger partial charge in [0, 0.05) is 18.6 Å². The Morgan fingerprint density at radius 3 is 2.67 bits per heavy atom. The van der Waals surface area contributed by atoms with E-state index in [-0.39, 0.29) is 6.03 Å². The number of nitrogens with zero attached hydrogens (tertiary/aromatic N) is 2. The van der Waals surface area contributed by atoms with Crippen molar-refractivity contribution in [2.24, 2.45) is 5.10 Å². The number of halogens is 1. The second kappa shape index (κ2) is 6.67. The van der Waals surface area contributed by atoms with Gasteiger partial charge in [-0.05, 0) is 12.8 Å². The Morgan fingerprint density at radius 1 is 1.47 bits per heavy atom. The number of hydrogen-bond acceptors (Lipinski definition) is 2. The summed E-state index contributed by atoms with van der Waals surface area (Å²) >= 11 is 5.55. The van der Waals surface area contributed by atoms with E-state index in [0.29, 0.717) is 18.5 Å². The van der Waals surface area contributed by atoms with Crippen LogP contribution in [-0.2, 0) is 0 Å². The number of rotatable bonds is 4. The Balaban J connectivity index is 2.34. The molecular weight excluding hydrogens is 214 g/mol. The molecule has 1 N–H and O–H groups in total. The van der Waals surface area contributed by atoms with Gasteiger partial charge in [0.15, 0.2) is 0 Å². The Kier molecular flexibility index (Phi) is 5.47. The molecule has 0 aromatic rings. The molecule has 1 fully saturated rings. The SMILES string of the molecule is C=NN(CCCl)C(=O)NC1CCCCC1. The highest BCUT2D eigenvalue weighted by atomic mass is 35.5. The van der Waals surface area contributed by atoms with E-state index in [0.717, 1.165) is 12.8 Å². The van der Waals surface area contributed by atoms with Crippen molar-refractivity contribution < 1.29 is 4.79 Å². The number of carbonyl (C=O) groups excluding carboxylic acids is 1. The second-order valence-electron chi connectivity index (χ2n) is 3.74. The van der Waals surface area contributed by atoms with Crippen molar-refractivity contribution in [3.8, 4) is 0 Å². The predicted molar refractivity (Wildman–Crippen MR) is 62.4 cm³/mol. The van der Waals surface area contributed by atoms with Crippen molar-refractivity contribution in [1.82, 2.24) is 10.3 Å². The molecular formula is C10H18ClN3O. The van der Waals surface area contributed by atoms with Gasteiger partial charge in [0.25, 0.3) is 0 Å². The second-order valence-corrected chi connectivity index (χ2v) is 4.12. The molecule has 0 bridgehead atoms. The van der Waals surface area contributed by atoms with Gasteiger partial charge in [0.1, 0.15) is 0 Å². The van der Waals surface area contributed by atoms with Crippen molar-refractivity contribution in [3.63, 3.8) is 0 Å². The molecule has 1 aliphatic rings. The van der Waals surface area contributed by atoms with Crippen LogP contribution in [0.25, 0.3) is 0 Å². The normalized spacial score (nSPS) is 17.1. The summed E-state index contributed by atoms with van der Waals surface area (Å²) in [5.74, 6) is 0.372. The smallest absolute Gasteiger partial charge is 0.334 e. The Labute approximate surface area is 95.7 Å². The number of carbonyl (C=O) groups is 1. The summed E-state index contributed by atoms with van der Waals surface area (Å²) in [4.78, 5) is 11.7. The van der Waals surface area contributed by atoms with Crippen LogP contribution < -0.4 is 5.32 Å². The molecule has 0 aliphatic heterocycles. The number of alkyl halides is 1. The van der Waals surface area contributed by atoms with Crippen molar-refractivity contribution in [1.29, 1.82) is 0 Å². The zero-order chi connectivity index (χ0) is 11.1. The molecule has 1 rings (SSSR count). The van der Waals surface area contributed by atoms with Crippen LogP contribution in [0.2, 0.25) is 0 Å². The fourth-order valence-electron chi connectivity index (χ4n) is 1.81. The van der Waals surface area contributed by atoms with E-state index < -0.39 is 0 Å². The molecule has 1 aliphatic carbocycles. The highest BCUT2D eigenvalue weighted by molar-refractivity contribution is 6.18. The summed E-state index contributed by atoms with van der Waals surface area (Å²) in [6, 6.07) is 0.114. The molecule has 86 valence electrons. The highest BCUT2D eigenvalue weighted by Crippen LogP contribution is 2.17. The van der Waals surface area contributed by atoms with Gasteiger partial charge in [-0.3, -0.25) is 0 Å². The molecule has 4 nitrogen and oxygen atoms in total. The number of nitrogens with one attached hydrogen (secondary N) is 1. The van der Waals surface area contributed by atoms with Crippen LogP contribution in [0.1, 0.15) is 32.1 Å². The van der Waals surface area contributed by atoms with Crippen LogP contribution in [0.4, 0.5) is 4.79 Å². The maximum atomic E-state index is 11.7. The largest absolute Gasteiger partial charge is 0.338 e. The maximum Gasteiger partial charge on any atom is 0.338 e. The third kappa shape index (κ3) is 4.08. The lowest BCUT2D eigenvalue weighted by molar-refractivity contribution is 0.195. The summed E-state index contributed by atoms with van der Waals surface area (Å²) in [5.41, 5.74) is 0. The van der Waals surface area contributed by atoms with Crippen molar-refractivity contribution in [3.05, 3.63) is 0 Å². The van der Waals surface area contributed by atoms with Gasteiger partial charge in [0.2, 0.25) is 0 Å². The maximum absolute atomic E-state index is 11.7. The van der Waals surface area contributed by atoms with Crippen LogP contribution >= 0.6 is 11.6 Å². The summed E-state index contributed by atoms with van der Waals surface area (Å²) in [7, 11) is 0. The van der Waals surface area contributed by atoms with Gasteiger partial charge in [-0.25, -0.2) is 9.80 Å². The monoisotopic (exact) mass is 231 g/mol. The first-order valence-electron chi connectivity index (χ1n) is 5.38. The van der Waals surface area contributed by atoms with E-state index in [4.69, 9.17) is 11.6 Å². The quantitative estimate of drug-likeness (QED) is 0.450. The van der Waals surface area contributed by atoms with Crippen LogP contribution in [0.5, 0.6) is 0 Å². The van der Waals surface area contributed by atoms with Gasteiger partial charge in [-0.15, -0.1) is 11.6 Å². The summed E-state index contributed by atoms with van der Waals surface area (Å²) < 4.78 is 0. The lowest BCUT2D eigenvalue weighted by atomic mass is 9.96. The average Bonchev–Trinajstić information content (AvgIpc) is 2.27. The average molecular weight is 232 g/mol. The molecule has 0 aromatic heterocycles. The van der Waals surface area contributed by atoms with E-state index in [9.17, 15) is 4.79 Å². The van der Waals surface area contributed by atoms with Crippen LogP contribution in [-0.4, -0.2) is 36.2 Å². The van der Waals surface area contributed by atoms with Gasteiger partial charge < -0.3 is 5.32 Å². The summed E-state index contributed by atoms with van der Waals surface area (Å²) in [5, 5.41) is 7.86. The molecule has 2 amide bonds. The number of hydrazone groups is 1. The van der Waals surface area contributed by atoms with Crippen molar-refractivity contribution in [2.45, 2.75) is 38.1 Å². The lowest BCUT2D eigenvalue weighted by Gasteiger charge is -2.25. The van der Waals surface area contributed by atoms with Gasteiger partial charge in [-0.2, -0.15) is 5.10 Å². The molecule has 0 aromatic carbocycles. The highest BCUT2D eigenvalue weighted by Gasteiger charge is 2.18. The van der Waals surface area contributed by atoms with E-state index in [1.165, 1.54) is 24.3 Å². The Morgan fingerprint density at radius 2 is 2.13 bits per heavy atom. The zero-order valence-electron chi connectivity index (χ0n) is 8.91. The number of urea groups is 1. The van der Waals surface area contributed by atoms with Gasteiger partial charge in [-0.1, -0.05) is 19.3 Å². The predicted octanol–water partition coefficient (Wildman–Crippen LogP) is 2.19. The molecule has 0 atom stereocenters. The van der Waals surface area contributed by atoms with E-state index >= 15 is 0 Å². The van der Waals surface area contributed by atoms with E-state index in [1.807, 2.05) is 0 Å². The topological polar surface area (TPSA) is 44.7 Å².